The standard InChI is InChI=1S/C39H55N5O3S/c1-26(2)23-43(24-27(3)4)38(45)39(8,9)33-13-16-35-41-36(32-20-28(5)19-29(6)21-32)37(44(35)25-33)30(7)22-40-18-17-31-11-14-34(15-12-31)42-48(10,46)47/h11-16,19-21,25-27,30,40,42H,17-18,22-24H2,1-10H3/t30-/m1/s1. The average molecular weight is 674 g/mol. The Morgan fingerprint density at radius 3 is 2.08 bits per heavy atom. The first kappa shape index (κ1) is 37.1. The van der Waals surface area contributed by atoms with Gasteiger partial charge in [0, 0.05) is 43.0 Å². The Bertz CT molecular complexity index is 1790. The summed E-state index contributed by atoms with van der Waals surface area (Å²) in [4.78, 5) is 21.3. The molecule has 0 aliphatic rings. The van der Waals surface area contributed by atoms with Crippen LogP contribution >= 0.6 is 0 Å². The maximum Gasteiger partial charge on any atom is 0.232 e. The van der Waals surface area contributed by atoms with E-state index in [1.807, 2.05) is 30.9 Å². The van der Waals surface area contributed by atoms with Crippen LogP contribution in [0.25, 0.3) is 16.9 Å². The molecule has 4 rings (SSSR count). The Morgan fingerprint density at radius 2 is 1.52 bits per heavy atom. The third-order valence-electron chi connectivity index (χ3n) is 8.63. The van der Waals surface area contributed by atoms with E-state index < -0.39 is 15.4 Å². The van der Waals surface area contributed by atoms with Crippen LogP contribution in [-0.4, -0.2) is 61.0 Å². The molecule has 9 heteroatoms. The largest absolute Gasteiger partial charge is 0.341 e. The molecule has 0 bridgehead atoms. The Hall–Kier alpha value is -3.69. The number of carbonyl (C=O) groups excluding carboxylic acids is 1. The Balaban J connectivity index is 1.64. The van der Waals surface area contributed by atoms with Crippen molar-refractivity contribution in [1.29, 1.82) is 0 Å². The Morgan fingerprint density at radius 1 is 0.917 bits per heavy atom. The van der Waals surface area contributed by atoms with Crippen molar-refractivity contribution in [3.8, 4) is 11.3 Å². The number of carbonyl (C=O) groups is 1. The number of anilines is 1. The van der Waals surface area contributed by atoms with Gasteiger partial charge in [0.15, 0.2) is 0 Å². The van der Waals surface area contributed by atoms with Crippen LogP contribution in [0.4, 0.5) is 5.69 Å². The van der Waals surface area contributed by atoms with Crippen molar-refractivity contribution in [3.05, 3.63) is 88.7 Å². The highest BCUT2D eigenvalue weighted by Gasteiger charge is 2.35. The van der Waals surface area contributed by atoms with E-state index in [1.165, 1.54) is 11.1 Å². The molecule has 2 N–H and O–H groups in total. The van der Waals surface area contributed by atoms with Crippen molar-refractivity contribution >= 4 is 27.3 Å². The molecule has 4 aromatic rings. The molecule has 2 aromatic carbocycles. The van der Waals surface area contributed by atoms with Gasteiger partial charge in [-0.3, -0.25) is 9.52 Å². The summed E-state index contributed by atoms with van der Waals surface area (Å²) >= 11 is 0. The smallest absolute Gasteiger partial charge is 0.232 e. The van der Waals surface area contributed by atoms with E-state index in [0.29, 0.717) is 17.5 Å². The first-order valence-corrected chi connectivity index (χ1v) is 19.0. The molecule has 260 valence electrons. The number of rotatable bonds is 15. The minimum absolute atomic E-state index is 0.115. The summed E-state index contributed by atoms with van der Waals surface area (Å²) in [5.41, 5.74) is 8.37. The minimum Gasteiger partial charge on any atom is -0.341 e. The zero-order valence-electron chi connectivity index (χ0n) is 30.5. The van der Waals surface area contributed by atoms with Gasteiger partial charge in [-0.05, 0) is 94.0 Å². The number of hydrogen-bond donors (Lipinski definition) is 2. The van der Waals surface area contributed by atoms with Crippen LogP contribution in [0.2, 0.25) is 0 Å². The lowest BCUT2D eigenvalue weighted by Crippen LogP contribution is -2.46. The van der Waals surface area contributed by atoms with E-state index in [0.717, 1.165) is 72.6 Å². The van der Waals surface area contributed by atoms with Crippen LogP contribution in [-0.2, 0) is 26.7 Å². The molecule has 0 fully saturated rings. The summed E-state index contributed by atoms with van der Waals surface area (Å²) in [6.07, 6.45) is 4.09. The number of imidazole rings is 1. The van der Waals surface area contributed by atoms with Gasteiger partial charge in [0.05, 0.1) is 23.1 Å². The van der Waals surface area contributed by atoms with Crippen LogP contribution < -0.4 is 10.0 Å². The SMILES string of the molecule is Cc1cc(C)cc(-c2nc3ccc(C(C)(C)C(=O)N(CC(C)C)CC(C)C)cn3c2[C@H](C)CNCCc2ccc(NS(C)(=O)=O)cc2)c1. The Labute approximate surface area is 288 Å². The van der Waals surface area contributed by atoms with E-state index in [9.17, 15) is 13.2 Å². The maximum absolute atomic E-state index is 14.1. The fourth-order valence-corrected chi connectivity index (χ4v) is 7.03. The quantitative estimate of drug-likeness (QED) is 0.129. The van der Waals surface area contributed by atoms with Gasteiger partial charge >= 0.3 is 0 Å². The van der Waals surface area contributed by atoms with Gasteiger partial charge in [-0.25, -0.2) is 13.4 Å². The molecule has 48 heavy (non-hydrogen) atoms. The summed E-state index contributed by atoms with van der Waals surface area (Å²) in [7, 11) is -3.30. The zero-order valence-corrected chi connectivity index (χ0v) is 31.3. The number of hydrogen-bond acceptors (Lipinski definition) is 5. The molecule has 0 aliphatic heterocycles. The second kappa shape index (κ2) is 15.2. The van der Waals surface area contributed by atoms with Crippen molar-refractivity contribution in [2.45, 2.75) is 80.1 Å². The van der Waals surface area contributed by atoms with Crippen molar-refractivity contribution in [2.24, 2.45) is 11.8 Å². The number of pyridine rings is 1. The summed E-state index contributed by atoms with van der Waals surface area (Å²) in [6.45, 7) is 22.2. The first-order chi connectivity index (χ1) is 22.4. The number of amides is 1. The predicted molar refractivity (Wildman–Crippen MR) is 199 cm³/mol. The maximum atomic E-state index is 14.1. The number of aryl methyl sites for hydroxylation is 2. The molecular weight excluding hydrogens is 619 g/mol. The van der Waals surface area contributed by atoms with Crippen molar-refractivity contribution in [1.82, 2.24) is 19.6 Å². The number of sulfonamides is 1. The second-order valence-electron chi connectivity index (χ2n) is 14.9. The minimum atomic E-state index is -3.30. The topological polar surface area (TPSA) is 95.8 Å². The predicted octanol–water partition coefficient (Wildman–Crippen LogP) is 7.34. The number of nitrogens with zero attached hydrogens (tertiary/aromatic N) is 3. The molecule has 2 heterocycles. The third-order valence-corrected chi connectivity index (χ3v) is 9.24. The second-order valence-corrected chi connectivity index (χ2v) is 16.7. The summed E-state index contributed by atoms with van der Waals surface area (Å²) in [5, 5.41) is 3.64. The van der Waals surface area contributed by atoms with Gasteiger partial charge in [0.2, 0.25) is 15.9 Å². The van der Waals surface area contributed by atoms with Crippen molar-refractivity contribution in [3.63, 3.8) is 0 Å². The zero-order chi connectivity index (χ0) is 35.4. The molecule has 0 radical (unpaired) electrons. The molecule has 0 unspecified atom stereocenters. The molecule has 1 amide bonds. The van der Waals surface area contributed by atoms with Crippen molar-refractivity contribution in [2.75, 3.05) is 37.2 Å². The number of aromatic nitrogens is 2. The van der Waals surface area contributed by atoms with E-state index >= 15 is 0 Å². The molecule has 0 saturated heterocycles. The molecule has 0 saturated carbocycles. The molecule has 1 atom stereocenters. The van der Waals surface area contributed by atoms with Crippen LogP contribution in [0.5, 0.6) is 0 Å². The fourth-order valence-electron chi connectivity index (χ4n) is 6.47. The average Bonchev–Trinajstić information content (AvgIpc) is 3.37. The summed E-state index contributed by atoms with van der Waals surface area (Å²) in [6, 6.07) is 18.2. The van der Waals surface area contributed by atoms with Gasteiger partial charge in [0.25, 0.3) is 0 Å². The van der Waals surface area contributed by atoms with Crippen molar-refractivity contribution < 1.29 is 13.2 Å². The van der Waals surface area contributed by atoms with Gasteiger partial charge in [0.1, 0.15) is 5.65 Å². The van der Waals surface area contributed by atoms with E-state index in [1.54, 1.807) is 12.1 Å². The van der Waals surface area contributed by atoms with E-state index in [4.69, 9.17) is 4.98 Å². The van der Waals surface area contributed by atoms with Gasteiger partial charge in [-0.15, -0.1) is 0 Å². The monoisotopic (exact) mass is 673 g/mol. The highest BCUT2D eigenvalue weighted by Crippen LogP contribution is 2.34. The van der Waals surface area contributed by atoms with Crippen LogP contribution in [0.3, 0.4) is 0 Å². The highest BCUT2D eigenvalue weighted by atomic mass is 32.2. The van der Waals surface area contributed by atoms with E-state index in [2.05, 4.69) is 99.4 Å². The lowest BCUT2D eigenvalue weighted by molar-refractivity contribution is -0.137. The highest BCUT2D eigenvalue weighted by molar-refractivity contribution is 7.92. The third kappa shape index (κ3) is 9.47. The number of benzene rings is 2. The molecular formula is C39H55N5O3S. The van der Waals surface area contributed by atoms with Gasteiger partial charge in [-0.2, -0.15) is 0 Å². The number of nitrogens with one attached hydrogen (secondary N) is 2. The lowest BCUT2D eigenvalue weighted by Gasteiger charge is -2.34. The molecule has 8 nitrogen and oxygen atoms in total. The number of fused-ring (bicyclic) bond motifs is 1. The Kier molecular flexibility index (Phi) is 11.8. The molecule has 2 aromatic heterocycles. The summed E-state index contributed by atoms with van der Waals surface area (Å²) < 4.78 is 27.8. The molecule has 0 spiro atoms. The fraction of sp³-hybridized carbons (Fsp3) is 0.487. The molecule has 0 aliphatic carbocycles. The van der Waals surface area contributed by atoms with E-state index in [-0.39, 0.29) is 11.8 Å². The summed E-state index contributed by atoms with van der Waals surface area (Å²) in [5.74, 6) is 1.03. The lowest BCUT2D eigenvalue weighted by atomic mass is 9.83. The van der Waals surface area contributed by atoms with Gasteiger partial charge in [-0.1, -0.05) is 70.0 Å². The van der Waals surface area contributed by atoms with Crippen LogP contribution in [0.15, 0.2) is 60.8 Å². The van der Waals surface area contributed by atoms with Crippen LogP contribution in [0, 0.1) is 25.7 Å². The normalized spacial score (nSPS) is 13.0. The van der Waals surface area contributed by atoms with Crippen LogP contribution in [0.1, 0.15) is 82.3 Å². The van der Waals surface area contributed by atoms with Gasteiger partial charge < -0.3 is 14.6 Å². The first-order valence-electron chi connectivity index (χ1n) is 17.1.